The van der Waals surface area contributed by atoms with Gasteiger partial charge in [0.25, 0.3) is 0 Å². The van der Waals surface area contributed by atoms with Gasteiger partial charge in [0, 0.05) is 0 Å². The van der Waals surface area contributed by atoms with Crippen LogP contribution in [0.4, 0.5) is 0 Å². The monoisotopic (exact) mass is 287 g/mol. The molecular weight excluding hydrogens is 270 g/mol. The third-order valence-corrected chi connectivity index (χ3v) is 4.38. The molecule has 0 saturated carbocycles. The lowest BCUT2D eigenvalue weighted by Gasteiger charge is -2.28. The van der Waals surface area contributed by atoms with Crippen LogP contribution in [-0.4, -0.2) is 20.5 Å². The van der Waals surface area contributed by atoms with Crippen molar-refractivity contribution in [3.63, 3.8) is 0 Å². The van der Waals surface area contributed by atoms with Gasteiger partial charge in [0.15, 0.2) is 0 Å². The van der Waals surface area contributed by atoms with Crippen molar-refractivity contribution in [2.75, 3.05) is 0 Å². The molecule has 0 bridgehead atoms. The number of nitrogens with zero attached hydrogens (tertiary/aromatic N) is 2. The topological polar surface area (TPSA) is 61.8 Å². The quantitative estimate of drug-likeness (QED) is 0.755. The van der Waals surface area contributed by atoms with Crippen LogP contribution >= 0.6 is 11.3 Å². The van der Waals surface area contributed by atoms with Crippen LogP contribution < -0.4 is 0 Å². The van der Waals surface area contributed by atoms with Gasteiger partial charge in [-0.1, -0.05) is 31.0 Å². The standard InChI is InChI=1S/C15H17N3OS/c1-2-3-7-15(19,12-6-8-20-10-12)11-4-5-13-14(9-11)17-18-16-13/h4-6,8-10,19H,2-3,7H2,1H3,(H,16,17,18). The number of unbranched alkanes of at least 4 members (excludes halogenated alkanes) is 1. The fraction of sp³-hybridized carbons (Fsp3) is 0.333. The minimum Gasteiger partial charge on any atom is -0.380 e. The third-order valence-electron chi connectivity index (χ3n) is 3.69. The maximum atomic E-state index is 11.2. The van der Waals surface area contributed by atoms with Gasteiger partial charge in [-0.2, -0.15) is 11.3 Å². The van der Waals surface area contributed by atoms with Crippen molar-refractivity contribution in [2.24, 2.45) is 0 Å². The highest BCUT2D eigenvalue weighted by Gasteiger charge is 2.31. The highest BCUT2D eigenvalue weighted by atomic mass is 32.1. The summed E-state index contributed by atoms with van der Waals surface area (Å²) in [6.07, 6.45) is 2.74. The van der Waals surface area contributed by atoms with Crippen LogP contribution in [0.2, 0.25) is 0 Å². The van der Waals surface area contributed by atoms with E-state index in [0.717, 1.165) is 35.0 Å². The SMILES string of the molecule is CCCCC(O)(c1ccsc1)c1ccc2[nH]nnc2c1. The van der Waals surface area contributed by atoms with Gasteiger partial charge in [0.05, 0.1) is 5.52 Å². The molecular formula is C15H17N3OS. The number of thiophene rings is 1. The lowest BCUT2D eigenvalue weighted by Crippen LogP contribution is -2.26. The molecule has 0 fully saturated rings. The average Bonchev–Trinajstić information content (AvgIpc) is 3.14. The number of nitrogens with one attached hydrogen (secondary N) is 1. The summed E-state index contributed by atoms with van der Waals surface area (Å²) < 4.78 is 0. The molecule has 0 radical (unpaired) electrons. The summed E-state index contributed by atoms with van der Waals surface area (Å²) in [5.41, 5.74) is 2.57. The highest BCUT2D eigenvalue weighted by molar-refractivity contribution is 7.08. The first-order valence-corrected chi connectivity index (χ1v) is 7.74. The predicted molar refractivity (Wildman–Crippen MR) is 80.7 cm³/mol. The molecule has 2 aromatic heterocycles. The van der Waals surface area contributed by atoms with E-state index in [0.29, 0.717) is 6.42 Å². The minimum atomic E-state index is -0.941. The molecule has 2 N–H and O–H groups in total. The van der Waals surface area contributed by atoms with E-state index in [2.05, 4.69) is 22.3 Å². The van der Waals surface area contributed by atoms with Crippen molar-refractivity contribution < 1.29 is 5.11 Å². The van der Waals surface area contributed by atoms with Crippen LogP contribution in [0.25, 0.3) is 11.0 Å². The van der Waals surface area contributed by atoms with Gasteiger partial charge in [0.2, 0.25) is 0 Å². The van der Waals surface area contributed by atoms with Crippen molar-refractivity contribution in [1.29, 1.82) is 0 Å². The summed E-state index contributed by atoms with van der Waals surface area (Å²) in [4.78, 5) is 0. The number of aromatic amines is 1. The fourth-order valence-corrected chi connectivity index (χ4v) is 3.21. The van der Waals surface area contributed by atoms with Gasteiger partial charge < -0.3 is 5.11 Å². The highest BCUT2D eigenvalue weighted by Crippen LogP contribution is 2.36. The maximum Gasteiger partial charge on any atom is 0.115 e. The first kappa shape index (κ1) is 13.3. The largest absolute Gasteiger partial charge is 0.380 e. The molecule has 3 rings (SSSR count). The number of hydrogen-bond donors (Lipinski definition) is 2. The van der Waals surface area contributed by atoms with Crippen LogP contribution in [0, 0.1) is 0 Å². The Balaban J connectivity index is 2.08. The van der Waals surface area contributed by atoms with E-state index in [9.17, 15) is 5.11 Å². The smallest absolute Gasteiger partial charge is 0.115 e. The molecule has 0 spiro atoms. The second-order valence-electron chi connectivity index (χ2n) is 5.02. The number of H-pyrrole nitrogens is 1. The van der Waals surface area contributed by atoms with Gasteiger partial charge in [-0.3, -0.25) is 5.10 Å². The van der Waals surface area contributed by atoms with Crippen LogP contribution in [0.5, 0.6) is 0 Å². The van der Waals surface area contributed by atoms with E-state index >= 15 is 0 Å². The first-order chi connectivity index (χ1) is 9.74. The summed E-state index contributed by atoms with van der Waals surface area (Å²) in [6, 6.07) is 7.79. The average molecular weight is 287 g/mol. The van der Waals surface area contributed by atoms with Gasteiger partial charge >= 0.3 is 0 Å². The second-order valence-corrected chi connectivity index (χ2v) is 5.80. The molecule has 5 heteroatoms. The molecule has 104 valence electrons. The lowest BCUT2D eigenvalue weighted by molar-refractivity contribution is 0.0690. The molecule has 0 aliphatic heterocycles. The normalized spacial score (nSPS) is 14.5. The molecule has 3 aromatic rings. The van der Waals surface area contributed by atoms with E-state index in [1.807, 2.05) is 35.0 Å². The van der Waals surface area contributed by atoms with E-state index in [-0.39, 0.29) is 0 Å². The number of hydrogen-bond acceptors (Lipinski definition) is 4. The Morgan fingerprint density at radius 2 is 2.20 bits per heavy atom. The Morgan fingerprint density at radius 1 is 1.30 bits per heavy atom. The first-order valence-electron chi connectivity index (χ1n) is 6.80. The number of aromatic nitrogens is 3. The number of aliphatic hydroxyl groups is 1. The Labute approximate surface area is 121 Å². The summed E-state index contributed by atoms with van der Waals surface area (Å²) in [6.45, 7) is 2.13. The maximum absolute atomic E-state index is 11.2. The van der Waals surface area contributed by atoms with E-state index in [1.165, 1.54) is 0 Å². The Morgan fingerprint density at radius 3 is 2.95 bits per heavy atom. The Hall–Kier alpha value is -1.72. The van der Waals surface area contributed by atoms with Crippen molar-refractivity contribution in [2.45, 2.75) is 31.8 Å². The molecule has 20 heavy (non-hydrogen) atoms. The number of fused-ring (bicyclic) bond motifs is 1. The zero-order valence-electron chi connectivity index (χ0n) is 11.3. The summed E-state index contributed by atoms with van der Waals surface area (Å²) in [5.74, 6) is 0. The van der Waals surface area contributed by atoms with Gasteiger partial charge in [0.1, 0.15) is 11.1 Å². The minimum absolute atomic E-state index is 0.712. The second kappa shape index (κ2) is 5.34. The van der Waals surface area contributed by atoms with Gasteiger partial charge in [-0.25, -0.2) is 0 Å². The summed E-state index contributed by atoms with van der Waals surface area (Å²) in [5, 5.41) is 25.9. The molecule has 2 heterocycles. The lowest BCUT2D eigenvalue weighted by atomic mass is 9.83. The fourth-order valence-electron chi connectivity index (χ4n) is 2.49. The van der Waals surface area contributed by atoms with E-state index < -0.39 is 5.60 Å². The summed E-state index contributed by atoms with van der Waals surface area (Å²) in [7, 11) is 0. The van der Waals surface area contributed by atoms with Crippen molar-refractivity contribution in [3.8, 4) is 0 Å². The van der Waals surface area contributed by atoms with Crippen molar-refractivity contribution in [3.05, 3.63) is 46.2 Å². The Kier molecular flexibility index (Phi) is 3.54. The van der Waals surface area contributed by atoms with Crippen molar-refractivity contribution in [1.82, 2.24) is 15.4 Å². The molecule has 0 aliphatic rings. The molecule has 0 amide bonds. The molecule has 1 aromatic carbocycles. The predicted octanol–water partition coefficient (Wildman–Crippen LogP) is 3.45. The number of benzene rings is 1. The van der Waals surface area contributed by atoms with Gasteiger partial charge in [-0.05, 0) is 46.5 Å². The van der Waals surface area contributed by atoms with Gasteiger partial charge in [-0.15, -0.1) is 5.10 Å². The zero-order chi connectivity index (χ0) is 14.0. The van der Waals surface area contributed by atoms with Crippen LogP contribution in [0.1, 0.15) is 37.3 Å². The molecule has 1 atom stereocenters. The van der Waals surface area contributed by atoms with Crippen molar-refractivity contribution >= 4 is 22.4 Å². The zero-order valence-corrected chi connectivity index (χ0v) is 12.2. The molecule has 1 unspecified atom stereocenters. The van der Waals surface area contributed by atoms with E-state index in [4.69, 9.17) is 0 Å². The van der Waals surface area contributed by atoms with Crippen LogP contribution in [0.15, 0.2) is 35.0 Å². The Bertz CT molecular complexity index is 692. The number of rotatable bonds is 5. The summed E-state index contributed by atoms with van der Waals surface area (Å²) >= 11 is 1.61. The molecule has 0 aliphatic carbocycles. The molecule has 4 nitrogen and oxygen atoms in total. The van der Waals surface area contributed by atoms with E-state index in [1.54, 1.807) is 11.3 Å². The van der Waals surface area contributed by atoms with Crippen LogP contribution in [0.3, 0.4) is 0 Å². The van der Waals surface area contributed by atoms with Crippen LogP contribution in [-0.2, 0) is 5.60 Å². The third kappa shape index (κ3) is 2.23. The molecule has 0 saturated heterocycles.